The average Bonchev–Trinajstić information content (AvgIpc) is 3.07. The summed E-state index contributed by atoms with van der Waals surface area (Å²) in [6, 6.07) is 10.0. The molecule has 0 aliphatic carbocycles. The van der Waals surface area contributed by atoms with Crippen LogP contribution >= 0.6 is 11.6 Å². The molecule has 2 N–H and O–H groups in total. The highest BCUT2D eigenvalue weighted by Gasteiger charge is 2.27. The van der Waals surface area contributed by atoms with Gasteiger partial charge >= 0.3 is 0 Å². The molecule has 2 aliphatic rings. The van der Waals surface area contributed by atoms with Crippen molar-refractivity contribution < 1.29 is 4.74 Å². The second kappa shape index (κ2) is 7.97. The van der Waals surface area contributed by atoms with Crippen LogP contribution in [0.15, 0.2) is 41.5 Å². The Bertz CT molecular complexity index is 860. The van der Waals surface area contributed by atoms with Crippen LogP contribution in [0.25, 0.3) is 0 Å². The minimum atomic E-state index is -0.118. The predicted molar refractivity (Wildman–Crippen MR) is 115 cm³/mol. The quantitative estimate of drug-likeness (QED) is 0.807. The summed E-state index contributed by atoms with van der Waals surface area (Å²) in [5, 5.41) is 7.70. The maximum atomic E-state index is 6.00. The number of aromatic nitrogens is 1. The number of hydrogen-bond acceptors (Lipinski definition) is 6. The second-order valence-corrected chi connectivity index (χ2v) is 8.23. The van der Waals surface area contributed by atoms with Crippen molar-refractivity contribution in [1.29, 1.82) is 0 Å². The van der Waals surface area contributed by atoms with Crippen molar-refractivity contribution >= 4 is 28.8 Å². The van der Waals surface area contributed by atoms with Crippen LogP contribution in [0.1, 0.15) is 25.1 Å². The van der Waals surface area contributed by atoms with Crippen molar-refractivity contribution in [1.82, 2.24) is 10.3 Å². The molecule has 6 nitrogen and oxygen atoms in total. The van der Waals surface area contributed by atoms with Gasteiger partial charge in [0.15, 0.2) is 0 Å². The Labute approximate surface area is 171 Å². The maximum absolute atomic E-state index is 6.00. The fraction of sp³-hybridized carbons (Fsp3) is 0.429. The van der Waals surface area contributed by atoms with Crippen LogP contribution in [0.5, 0.6) is 0 Å². The largest absolute Gasteiger partial charge is 0.379 e. The summed E-state index contributed by atoms with van der Waals surface area (Å²) < 4.78 is 5.48. The highest BCUT2D eigenvalue weighted by molar-refractivity contribution is 6.30. The topological polar surface area (TPSA) is 61.8 Å². The zero-order valence-corrected chi connectivity index (χ0v) is 17.1. The van der Waals surface area contributed by atoms with Crippen molar-refractivity contribution in [3.63, 3.8) is 0 Å². The normalized spacial score (nSPS) is 18.5. The minimum Gasteiger partial charge on any atom is -0.379 e. The van der Waals surface area contributed by atoms with Crippen molar-refractivity contribution in [3.8, 4) is 0 Å². The molecule has 7 heteroatoms. The van der Waals surface area contributed by atoms with Gasteiger partial charge in [0.1, 0.15) is 11.5 Å². The van der Waals surface area contributed by atoms with Gasteiger partial charge in [-0.3, -0.25) is 4.99 Å². The number of morpholine rings is 1. The fourth-order valence-corrected chi connectivity index (χ4v) is 3.52. The molecule has 3 heterocycles. The Morgan fingerprint density at radius 2 is 1.96 bits per heavy atom. The molecule has 1 fully saturated rings. The van der Waals surface area contributed by atoms with Crippen molar-refractivity contribution in [2.75, 3.05) is 43.1 Å². The third-order valence-electron chi connectivity index (χ3n) is 4.97. The first-order chi connectivity index (χ1) is 13.5. The molecule has 0 saturated carbocycles. The van der Waals surface area contributed by atoms with E-state index in [1.54, 1.807) is 0 Å². The number of anilines is 2. The van der Waals surface area contributed by atoms with Gasteiger partial charge in [0, 0.05) is 31.2 Å². The van der Waals surface area contributed by atoms with E-state index in [0.29, 0.717) is 6.54 Å². The smallest absolute Gasteiger partial charge is 0.150 e. The first-order valence-electron chi connectivity index (χ1n) is 9.65. The molecule has 0 bridgehead atoms. The van der Waals surface area contributed by atoms with Gasteiger partial charge in [-0.15, -0.1) is 0 Å². The summed E-state index contributed by atoms with van der Waals surface area (Å²) in [5.41, 5.74) is 3.98. The molecular formula is C21H26ClN5O. The summed E-state index contributed by atoms with van der Waals surface area (Å²) in [7, 11) is 0. The van der Waals surface area contributed by atoms with E-state index in [1.807, 2.05) is 30.5 Å². The van der Waals surface area contributed by atoms with Crippen molar-refractivity contribution in [2.24, 2.45) is 4.99 Å². The Hall–Kier alpha value is -2.31. The number of aliphatic imine (C=N–C) groups is 1. The molecular weight excluding hydrogens is 374 g/mol. The first-order valence-corrected chi connectivity index (χ1v) is 10.0. The lowest BCUT2D eigenvalue weighted by Crippen LogP contribution is -2.36. The molecule has 1 aromatic carbocycles. The van der Waals surface area contributed by atoms with Gasteiger partial charge in [-0.25, -0.2) is 4.98 Å². The van der Waals surface area contributed by atoms with E-state index >= 15 is 0 Å². The van der Waals surface area contributed by atoms with E-state index in [4.69, 9.17) is 26.3 Å². The molecule has 4 rings (SSSR count). The van der Waals surface area contributed by atoms with Crippen LogP contribution in [0, 0.1) is 0 Å². The summed E-state index contributed by atoms with van der Waals surface area (Å²) in [4.78, 5) is 11.9. The SMILES string of the molecule is CC1(C)CNC(c2ncc(N3CCOCC3)cc2NCc2ccc(Cl)cc2)=N1. The van der Waals surface area contributed by atoms with Crippen LogP contribution in [0.2, 0.25) is 5.02 Å². The molecule has 0 unspecified atom stereocenters. The monoisotopic (exact) mass is 399 g/mol. The van der Waals surface area contributed by atoms with Crippen LogP contribution in [-0.2, 0) is 11.3 Å². The molecule has 1 saturated heterocycles. The number of ether oxygens (including phenoxy) is 1. The zero-order valence-electron chi connectivity index (χ0n) is 16.3. The third kappa shape index (κ3) is 4.39. The number of halogens is 1. The third-order valence-corrected chi connectivity index (χ3v) is 5.22. The van der Waals surface area contributed by atoms with Gasteiger partial charge in [0.05, 0.1) is 36.3 Å². The van der Waals surface area contributed by atoms with Gasteiger partial charge in [-0.05, 0) is 37.6 Å². The number of hydrogen-bond donors (Lipinski definition) is 2. The highest BCUT2D eigenvalue weighted by Crippen LogP contribution is 2.26. The maximum Gasteiger partial charge on any atom is 0.150 e. The Kier molecular flexibility index (Phi) is 5.42. The summed E-state index contributed by atoms with van der Waals surface area (Å²) in [6.07, 6.45) is 1.93. The minimum absolute atomic E-state index is 0.118. The molecule has 0 radical (unpaired) electrons. The molecule has 2 aliphatic heterocycles. The van der Waals surface area contributed by atoms with E-state index in [-0.39, 0.29) is 5.54 Å². The number of nitrogens with zero attached hydrogens (tertiary/aromatic N) is 3. The van der Waals surface area contributed by atoms with Crippen LogP contribution < -0.4 is 15.5 Å². The molecule has 2 aromatic rings. The second-order valence-electron chi connectivity index (χ2n) is 7.80. The Balaban J connectivity index is 1.62. The highest BCUT2D eigenvalue weighted by atomic mass is 35.5. The van der Waals surface area contributed by atoms with Crippen molar-refractivity contribution in [3.05, 3.63) is 52.8 Å². The molecule has 148 valence electrons. The van der Waals surface area contributed by atoms with Crippen LogP contribution in [0.3, 0.4) is 0 Å². The number of benzene rings is 1. The van der Waals surface area contributed by atoms with E-state index in [9.17, 15) is 0 Å². The standard InChI is InChI=1S/C21H26ClN5O/c1-21(2)14-25-20(26-21)19-18(23-12-15-3-5-16(22)6-4-15)11-17(13-24-19)27-7-9-28-10-8-27/h3-6,11,13,23H,7-10,12,14H2,1-2H3,(H,25,26). The molecule has 0 amide bonds. The Morgan fingerprint density at radius 3 is 2.64 bits per heavy atom. The Morgan fingerprint density at radius 1 is 1.21 bits per heavy atom. The van der Waals surface area contributed by atoms with Crippen LogP contribution in [-0.4, -0.2) is 49.2 Å². The average molecular weight is 400 g/mol. The first kappa shape index (κ1) is 19.0. The lowest BCUT2D eigenvalue weighted by molar-refractivity contribution is 0.122. The van der Waals surface area contributed by atoms with Gasteiger partial charge in [-0.1, -0.05) is 23.7 Å². The van der Waals surface area contributed by atoms with E-state index in [2.05, 4.69) is 35.4 Å². The molecule has 0 spiro atoms. The lowest BCUT2D eigenvalue weighted by atomic mass is 10.1. The van der Waals surface area contributed by atoms with Gasteiger partial charge in [0.25, 0.3) is 0 Å². The summed E-state index contributed by atoms with van der Waals surface area (Å²) in [6.45, 7) is 9.00. The van der Waals surface area contributed by atoms with Crippen LogP contribution in [0.4, 0.5) is 11.4 Å². The van der Waals surface area contributed by atoms with Gasteiger partial charge < -0.3 is 20.3 Å². The number of pyridine rings is 1. The van der Waals surface area contributed by atoms with Gasteiger partial charge in [0.2, 0.25) is 0 Å². The molecule has 0 atom stereocenters. The predicted octanol–water partition coefficient (Wildman–Crippen LogP) is 3.31. The van der Waals surface area contributed by atoms with Crippen molar-refractivity contribution in [2.45, 2.75) is 25.9 Å². The summed E-state index contributed by atoms with van der Waals surface area (Å²) in [5.74, 6) is 0.845. The number of amidine groups is 1. The fourth-order valence-electron chi connectivity index (χ4n) is 3.39. The number of rotatable bonds is 5. The van der Waals surface area contributed by atoms with E-state index in [0.717, 1.165) is 66.3 Å². The zero-order chi connectivity index (χ0) is 19.6. The molecule has 28 heavy (non-hydrogen) atoms. The number of nitrogens with one attached hydrogen (secondary N) is 2. The molecule has 1 aromatic heterocycles. The van der Waals surface area contributed by atoms with E-state index in [1.165, 1.54) is 0 Å². The lowest BCUT2D eigenvalue weighted by Gasteiger charge is -2.29. The summed E-state index contributed by atoms with van der Waals surface area (Å²) >= 11 is 6.00. The van der Waals surface area contributed by atoms with Gasteiger partial charge in [-0.2, -0.15) is 0 Å². The van der Waals surface area contributed by atoms with E-state index < -0.39 is 0 Å².